The van der Waals surface area contributed by atoms with Gasteiger partial charge in [-0.25, -0.2) is 12.8 Å². The van der Waals surface area contributed by atoms with Crippen molar-refractivity contribution in [1.82, 2.24) is 10.2 Å². The fourth-order valence-corrected chi connectivity index (χ4v) is 5.49. The van der Waals surface area contributed by atoms with Gasteiger partial charge < -0.3 is 15.0 Å². The molecule has 3 aromatic carbocycles. The highest BCUT2D eigenvalue weighted by molar-refractivity contribution is 7.92. The number of nitrogens with zero attached hydrogens (tertiary/aromatic N) is 2. The van der Waals surface area contributed by atoms with Crippen molar-refractivity contribution in [2.45, 2.75) is 44.3 Å². The molecule has 8 nitrogen and oxygen atoms in total. The standard InChI is InChI=1S/C28H31ClFN3O5S/c1-19(2)31-28(35)20(3)32(17-21-10-8-9-13-24(21)30)27(34)18-33(25-16-22(29)14-15-26(25)38-4)39(36,37)23-11-6-5-7-12-23/h5-16,19-20H,17-18H2,1-4H3,(H,31,35). The van der Waals surface area contributed by atoms with Gasteiger partial charge >= 0.3 is 0 Å². The van der Waals surface area contributed by atoms with E-state index in [2.05, 4.69) is 5.32 Å². The Morgan fingerprint density at radius 1 is 1.00 bits per heavy atom. The number of hydrogen-bond donors (Lipinski definition) is 1. The van der Waals surface area contributed by atoms with Crippen molar-refractivity contribution in [3.8, 4) is 5.75 Å². The third-order valence-electron chi connectivity index (χ3n) is 5.92. The van der Waals surface area contributed by atoms with E-state index in [0.717, 1.165) is 9.21 Å². The lowest BCUT2D eigenvalue weighted by atomic mass is 10.1. The lowest BCUT2D eigenvalue weighted by molar-refractivity contribution is -0.139. The number of rotatable bonds is 11. The molecule has 0 fully saturated rings. The number of ether oxygens (including phenoxy) is 1. The van der Waals surface area contributed by atoms with Gasteiger partial charge in [0, 0.05) is 23.2 Å². The second kappa shape index (κ2) is 12.9. The summed E-state index contributed by atoms with van der Waals surface area (Å²) in [7, 11) is -2.94. The van der Waals surface area contributed by atoms with E-state index in [4.69, 9.17) is 16.3 Å². The number of sulfonamides is 1. The van der Waals surface area contributed by atoms with Gasteiger partial charge in [0.2, 0.25) is 11.8 Å². The van der Waals surface area contributed by atoms with Crippen molar-refractivity contribution in [2.75, 3.05) is 18.0 Å². The maximum atomic E-state index is 14.6. The number of methoxy groups -OCH3 is 1. The fraction of sp³-hybridized carbons (Fsp3) is 0.286. The summed E-state index contributed by atoms with van der Waals surface area (Å²) in [5, 5.41) is 2.97. The summed E-state index contributed by atoms with van der Waals surface area (Å²) >= 11 is 6.21. The first-order valence-corrected chi connectivity index (χ1v) is 14.0. The molecule has 1 atom stereocenters. The molecule has 0 aliphatic heterocycles. The summed E-state index contributed by atoms with van der Waals surface area (Å²) in [6.45, 7) is 4.08. The van der Waals surface area contributed by atoms with Crippen LogP contribution in [0.3, 0.4) is 0 Å². The summed E-state index contributed by atoms with van der Waals surface area (Å²) < 4.78 is 48.6. The summed E-state index contributed by atoms with van der Waals surface area (Å²) in [6.07, 6.45) is 0. The van der Waals surface area contributed by atoms with Crippen molar-refractivity contribution < 1.29 is 27.1 Å². The van der Waals surface area contributed by atoms with Crippen LogP contribution in [0.25, 0.3) is 0 Å². The molecule has 2 amide bonds. The molecule has 208 valence electrons. The van der Waals surface area contributed by atoms with E-state index in [1.165, 1.54) is 62.6 Å². The van der Waals surface area contributed by atoms with Crippen molar-refractivity contribution >= 4 is 39.1 Å². The van der Waals surface area contributed by atoms with Gasteiger partial charge in [0.15, 0.2) is 0 Å². The number of halogens is 2. The van der Waals surface area contributed by atoms with E-state index in [1.807, 2.05) is 0 Å². The number of nitrogens with one attached hydrogen (secondary N) is 1. The van der Waals surface area contributed by atoms with Crippen molar-refractivity contribution in [2.24, 2.45) is 0 Å². The molecule has 0 aliphatic rings. The maximum absolute atomic E-state index is 14.6. The average molecular weight is 576 g/mol. The molecule has 0 saturated heterocycles. The molecule has 0 saturated carbocycles. The van der Waals surface area contributed by atoms with Gasteiger partial charge in [0.25, 0.3) is 10.0 Å². The van der Waals surface area contributed by atoms with Crippen LogP contribution in [0, 0.1) is 5.82 Å². The quantitative estimate of drug-likeness (QED) is 0.360. The first kappa shape index (κ1) is 29.9. The largest absolute Gasteiger partial charge is 0.495 e. The molecule has 39 heavy (non-hydrogen) atoms. The molecule has 11 heteroatoms. The van der Waals surface area contributed by atoms with Crippen LogP contribution >= 0.6 is 11.6 Å². The minimum Gasteiger partial charge on any atom is -0.495 e. The van der Waals surface area contributed by atoms with E-state index in [-0.39, 0.29) is 39.5 Å². The minimum absolute atomic E-state index is 0.0346. The fourth-order valence-electron chi connectivity index (χ4n) is 3.89. The number of hydrogen-bond acceptors (Lipinski definition) is 5. The van der Waals surface area contributed by atoms with Gasteiger partial charge in [-0.05, 0) is 57.2 Å². The topological polar surface area (TPSA) is 96.0 Å². The lowest BCUT2D eigenvalue weighted by Gasteiger charge is -2.32. The van der Waals surface area contributed by atoms with Crippen molar-refractivity contribution in [3.63, 3.8) is 0 Å². The molecule has 1 N–H and O–H groups in total. The van der Waals surface area contributed by atoms with Crippen molar-refractivity contribution in [3.05, 3.63) is 89.2 Å². The first-order valence-electron chi connectivity index (χ1n) is 12.2. The zero-order chi connectivity index (χ0) is 28.7. The summed E-state index contributed by atoms with van der Waals surface area (Å²) in [6, 6.07) is 16.6. The Hall–Kier alpha value is -3.63. The van der Waals surface area contributed by atoms with E-state index in [9.17, 15) is 22.4 Å². The van der Waals surface area contributed by atoms with Gasteiger partial charge in [0.1, 0.15) is 24.2 Å². The average Bonchev–Trinajstić information content (AvgIpc) is 2.90. The highest BCUT2D eigenvalue weighted by atomic mass is 35.5. The Labute approximate surface area is 233 Å². The molecule has 0 aliphatic carbocycles. The van der Waals surface area contributed by atoms with Crippen LogP contribution in [0.15, 0.2) is 77.7 Å². The molecule has 0 heterocycles. The normalized spacial score (nSPS) is 12.1. The zero-order valence-corrected chi connectivity index (χ0v) is 23.7. The number of benzene rings is 3. The highest BCUT2D eigenvalue weighted by Gasteiger charge is 2.34. The zero-order valence-electron chi connectivity index (χ0n) is 22.1. The SMILES string of the molecule is COc1ccc(Cl)cc1N(CC(=O)N(Cc1ccccc1F)C(C)C(=O)NC(C)C)S(=O)(=O)c1ccccc1. The van der Waals surface area contributed by atoms with Crippen LogP contribution in [0.1, 0.15) is 26.3 Å². The minimum atomic E-state index is -4.31. The van der Waals surface area contributed by atoms with Gasteiger partial charge in [0.05, 0.1) is 17.7 Å². The number of anilines is 1. The molecular weight excluding hydrogens is 545 g/mol. The molecule has 0 spiro atoms. The number of amides is 2. The van der Waals surface area contributed by atoms with Crippen LogP contribution in [0.5, 0.6) is 5.75 Å². The molecule has 1 unspecified atom stereocenters. The van der Waals surface area contributed by atoms with Crippen LogP contribution in [0.2, 0.25) is 5.02 Å². The third-order valence-corrected chi connectivity index (χ3v) is 7.93. The van der Waals surface area contributed by atoms with Gasteiger partial charge in [-0.3, -0.25) is 13.9 Å². The molecule has 0 aromatic heterocycles. The van der Waals surface area contributed by atoms with Crippen LogP contribution in [0.4, 0.5) is 10.1 Å². The first-order chi connectivity index (χ1) is 18.4. The van der Waals surface area contributed by atoms with Crippen LogP contribution < -0.4 is 14.4 Å². The van der Waals surface area contributed by atoms with Gasteiger partial charge in [-0.15, -0.1) is 0 Å². The molecule has 3 aromatic rings. The Morgan fingerprint density at radius 2 is 1.64 bits per heavy atom. The smallest absolute Gasteiger partial charge is 0.264 e. The van der Waals surface area contributed by atoms with E-state index < -0.39 is 40.2 Å². The van der Waals surface area contributed by atoms with Crippen LogP contribution in [-0.4, -0.2) is 50.9 Å². The van der Waals surface area contributed by atoms with E-state index in [1.54, 1.807) is 38.1 Å². The molecule has 3 rings (SSSR count). The molecular formula is C28H31ClFN3O5S. The van der Waals surface area contributed by atoms with Gasteiger partial charge in [-0.2, -0.15) is 0 Å². The summed E-state index contributed by atoms with van der Waals surface area (Å²) in [5.74, 6) is -1.59. The Balaban J connectivity index is 2.10. The monoisotopic (exact) mass is 575 g/mol. The van der Waals surface area contributed by atoms with Gasteiger partial charge in [-0.1, -0.05) is 48.0 Å². The Kier molecular flexibility index (Phi) is 9.93. The summed E-state index contributed by atoms with van der Waals surface area (Å²) in [5.41, 5.74) is 0.208. The lowest BCUT2D eigenvalue weighted by Crippen LogP contribution is -2.52. The van der Waals surface area contributed by atoms with E-state index >= 15 is 0 Å². The maximum Gasteiger partial charge on any atom is 0.264 e. The predicted molar refractivity (Wildman–Crippen MR) is 149 cm³/mol. The predicted octanol–water partition coefficient (Wildman–Crippen LogP) is 4.62. The third kappa shape index (κ3) is 7.27. The number of carbonyl (C=O) groups is 2. The Morgan fingerprint density at radius 3 is 2.26 bits per heavy atom. The second-order valence-electron chi connectivity index (χ2n) is 9.09. The summed E-state index contributed by atoms with van der Waals surface area (Å²) in [4.78, 5) is 27.9. The van der Waals surface area contributed by atoms with E-state index in [0.29, 0.717) is 0 Å². The highest BCUT2D eigenvalue weighted by Crippen LogP contribution is 2.35. The van der Waals surface area contributed by atoms with Crippen molar-refractivity contribution in [1.29, 1.82) is 0 Å². The van der Waals surface area contributed by atoms with Crippen LogP contribution in [-0.2, 0) is 26.2 Å². The Bertz CT molecular complexity index is 1420. The molecule has 0 bridgehead atoms. The molecule has 0 radical (unpaired) electrons. The number of carbonyl (C=O) groups excluding carboxylic acids is 2. The second-order valence-corrected chi connectivity index (χ2v) is 11.4.